The van der Waals surface area contributed by atoms with Crippen LogP contribution in [0.4, 0.5) is 0 Å². The quantitative estimate of drug-likeness (QED) is 0.697. The molecule has 1 heterocycles. The predicted molar refractivity (Wildman–Crippen MR) is 82.3 cm³/mol. The number of carbonyl (C=O) groups is 2. The van der Waals surface area contributed by atoms with Gasteiger partial charge in [0.2, 0.25) is 11.8 Å². The first-order valence-electron chi connectivity index (χ1n) is 6.83. The average Bonchev–Trinajstić information content (AvgIpc) is 2.81. The molecule has 21 heavy (non-hydrogen) atoms. The van der Waals surface area contributed by atoms with E-state index in [2.05, 4.69) is 0 Å². The third-order valence-electron chi connectivity index (χ3n) is 3.59. The third-order valence-corrected chi connectivity index (χ3v) is 4.64. The van der Waals surface area contributed by atoms with E-state index in [1.54, 1.807) is 17.8 Å². The Balaban J connectivity index is 1.73. The van der Waals surface area contributed by atoms with E-state index in [-0.39, 0.29) is 17.6 Å². The van der Waals surface area contributed by atoms with Crippen LogP contribution in [-0.2, 0) is 9.59 Å². The van der Waals surface area contributed by atoms with Crippen molar-refractivity contribution in [3.8, 4) is 5.75 Å². The van der Waals surface area contributed by atoms with Crippen LogP contribution in [0.5, 0.6) is 5.75 Å². The standard InChI is InChI=1S/C16H15NO3S/c18-13-5-6-14(12-4-2-1-3-11(12)13)21-10-9-17-15(19)7-8-16(17)20/h1-6,18H,7-10H2. The Kier molecular flexibility index (Phi) is 3.84. The number of thioether (sulfide) groups is 1. The Morgan fingerprint density at radius 3 is 2.38 bits per heavy atom. The van der Waals surface area contributed by atoms with Gasteiger partial charge in [-0.15, -0.1) is 11.8 Å². The molecule has 0 aromatic heterocycles. The zero-order valence-electron chi connectivity index (χ0n) is 11.4. The van der Waals surface area contributed by atoms with E-state index in [1.807, 2.05) is 30.3 Å². The largest absolute Gasteiger partial charge is 0.507 e. The molecule has 2 amide bonds. The van der Waals surface area contributed by atoms with Crippen LogP contribution in [0.25, 0.3) is 10.8 Å². The van der Waals surface area contributed by atoms with Gasteiger partial charge in [-0.2, -0.15) is 0 Å². The number of benzene rings is 2. The van der Waals surface area contributed by atoms with Gasteiger partial charge in [-0.1, -0.05) is 24.3 Å². The molecule has 0 saturated carbocycles. The second-order valence-corrected chi connectivity index (χ2v) is 6.05. The fourth-order valence-electron chi connectivity index (χ4n) is 2.50. The van der Waals surface area contributed by atoms with Gasteiger partial charge in [-0.05, 0) is 17.5 Å². The smallest absolute Gasteiger partial charge is 0.229 e. The fourth-order valence-corrected chi connectivity index (χ4v) is 3.49. The van der Waals surface area contributed by atoms with Crippen LogP contribution in [0.3, 0.4) is 0 Å². The van der Waals surface area contributed by atoms with E-state index in [9.17, 15) is 14.7 Å². The van der Waals surface area contributed by atoms with Crippen molar-refractivity contribution in [3.63, 3.8) is 0 Å². The maximum Gasteiger partial charge on any atom is 0.229 e. The van der Waals surface area contributed by atoms with Crippen LogP contribution in [-0.4, -0.2) is 34.1 Å². The van der Waals surface area contributed by atoms with Gasteiger partial charge in [0.25, 0.3) is 0 Å². The molecule has 1 aliphatic rings. The first-order valence-corrected chi connectivity index (χ1v) is 7.82. The van der Waals surface area contributed by atoms with Gasteiger partial charge in [0.15, 0.2) is 0 Å². The number of amides is 2. The van der Waals surface area contributed by atoms with E-state index >= 15 is 0 Å². The minimum absolute atomic E-state index is 0.0730. The van der Waals surface area contributed by atoms with Crippen molar-refractivity contribution in [2.24, 2.45) is 0 Å². The molecule has 5 heteroatoms. The molecule has 1 saturated heterocycles. The summed E-state index contributed by atoms with van der Waals surface area (Å²) in [4.78, 5) is 25.5. The van der Waals surface area contributed by atoms with Gasteiger partial charge < -0.3 is 5.11 Å². The molecule has 1 aliphatic heterocycles. The topological polar surface area (TPSA) is 57.6 Å². The van der Waals surface area contributed by atoms with Crippen molar-refractivity contribution in [1.29, 1.82) is 0 Å². The van der Waals surface area contributed by atoms with E-state index in [1.165, 1.54) is 4.90 Å². The van der Waals surface area contributed by atoms with Crippen molar-refractivity contribution in [2.75, 3.05) is 12.3 Å². The molecule has 0 unspecified atom stereocenters. The van der Waals surface area contributed by atoms with E-state index in [0.717, 1.165) is 15.7 Å². The van der Waals surface area contributed by atoms with Crippen molar-refractivity contribution in [2.45, 2.75) is 17.7 Å². The highest BCUT2D eigenvalue weighted by Gasteiger charge is 2.28. The molecular formula is C16H15NO3S. The molecule has 108 valence electrons. The molecular weight excluding hydrogens is 286 g/mol. The van der Waals surface area contributed by atoms with Crippen molar-refractivity contribution in [3.05, 3.63) is 36.4 Å². The van der Waals surface area contributed by atoms with E-state index in [4.69, 9.17) is 0 Å². The number of hydrogen-bond acceptors (Lipinski definition) is 4. The SMILES string of the molecule is O=C1CCC(=O)N1CCSc1ccc(O)c2ccccc12. The molecule has 1 fully saturated rings. The van der Waals surface area contributed by atoms with Gasteiger partial charge in [-0.3, -0.25) is 14.5 Å². The summed E-state index contributed by atoms with van der Waals surface area (Å²) in [5.74, 6) is 0.777. The lowest BCUT2D eigenvalue weighted by atomic mass is 10.1. The third kappa shape index (κ3) is 2.74. The van der Waals surface area contributed by atoms with Crippen LogP contribution >= 0.6 is 11.8 Å². The average molecular weight is 301 g/mol. The summed E-state index contributed by atoms with van der Waals surface area (Å²) in [6, 6.07) is 11.2. The molecule has 0 atom stereocenters. The minimum atomic E-state index is -0.0730. The number of aromatic hydroxyl groups is 1. The first kappa shape index (κ1) is 13.9. The second kappa shape index (κ2) is 5.77. The van der Waals surface area contributed by atoms with Gasteiger partial charge in [0, 0.05) is 35.4 Å². The maximum absolute atomic E-state index is 11.5. The lowest BCUT2D eigenvalue weighted by Crippen LogP contribution is -2.31. The summed E-state index contributed by atoms with van der Waals surface area (Å²) in [7, 11) is 0. The maximum atomic E-state index is 11.5. The van der Waals surface area contributed by atoms with Gasteiger partial charge in [0.1, 0.15) is 5.75 Å². The van der Waals surface area contributed by atoms with Gasteiger partial charge in [0.05, 0.1) is 0 Å². The Morgan fingerprint density at radius 2 is 1.67 bits per heavy atom. The number of likely N-dealkylation sites (tertiary alicyclic amines) is 1. The molecule has 0 radical (unpaired) electrons. The second-order valence-electron chi connectivity index (χ2n) is 4.92. The highest BCUT2D eigenvalue weighted by atomic mass is 32.2. The number of rotatable bonds is 4. The molecule has 4 nitrogen and oxygen atoms in total. The number of fused-ring (bicyclic) bond motifs is 1. The lowest BCUT2D eigenvalue weighted by Gasteiger charge is -2.14. The molecule has 0 spiro atoms. The number of phenolic OH excluding ortho intramolecular Hbond substituents is 1. The zero-order chi connectivity index (χ0) is 14.8. The monoisotopic (exact) mass is 301 g/mol. The number of carbonyl (C=O) groups excluding carboxylic acids is 2. The number of phenols is 1. The van der Waals surface area contributed by atoms with E-state index < -0.39 is 0 Å². The summed E-state index contributed by atoms with van der Waals surface area (Å²) in [6.45, 7) is 0.442. The molecule has 1 N–H and O–H groups in total. The van der Waals surface area contributed by atoms with E-state index in [0.29, 0.717) is 25.1 Å². The molecule has 0 aliphatic carbocycles. The highest BCUT2D eigenvalue weighted by molar-refractivity contribution is 7.99. The fraction of sp³-hybridized carbons (Fsp3) is 0.250. The van der Waals surface area contributed by atoms with Crippen LogP contribution in [0.15, 0.2) is 41.3 Å². The lowest BCUT2D eigenvalue weighted by molar-refractivity contribution is -0.137. The Labute approximate surface area is 126 Å². The van der Waals surface area contributed by atoms with Gasteiger partial charge in [-0.25, -0.2) is 0 Å². The Hall–Kier alpha value is -2.01. The van der Waals surface area contributed by atoms with Crippen molar-refractivity contribution in [1.82, 2.24) is 4.90 Å². The summed E-state index contributed by atoms with van der Waals surface area (Å²) in [5, 5.41) is 11.7. The first-order chi connectivity index (χ1) is 10.2. The Bertz CT molecular complexity index is 698. The number of imide groups is 1. The van der Waals surface area contributed by atoms with Crippen LogP contribution in [0, 0.1) is 0 Å². The molecule has 0 bridgehead atoms. The van der Waals surface area contributed by atoms with Gasteiger partial charge >= 0.3 is 0 Å². The summed E-state index contributed by atoms with van der Waals surface area (Å²) >= 11 is 1.59. The molecule has 2 aromatic rings. The molecule has 3 rings (SSSR count). The zero-order valence-corrected chi connectivity index (χ0v) is 12.2. The van der Waals surface area contributed by atoms with Crippen LogP contribution < -0.4 is 0 Å². The Morgan fingerprint density at radius 1 is 1.00 bits per heavy atom. The predicted octanol–water partition coefficient (Wildman–Crippen LogP) is 2.79. The van der Waals surface area contributed by atoms with Crippen molar-refractivity contribution >= 4 is 34.3 Å². The molecule has 2 aromatic carbocycles. The minimum Gasteiger partial charge on any atom is -0.507 e. The summed E-state index contributed by atoms with van der Waals surface area (Å²) in [5.41, 5.74) is 0. The van der Waals surface area contributed by atoms with Crippen LogP contribution in [0.2, 0.25) is 0 Å². The summed E-state index contributed by atoms with van der Waals surface area (Å²) < 4.78 is 0. The summed E-state index contributed by atoms with van der Waals surface area (Å²) in [6.07, 6.45) is 0.678. The van der Waals surface area contributed by atoms with Crippen LogP contribution in [0.1, 0.15) is 12.8 Å². The number of hydrogen-bond donors (Lipinski definition) is 1. The highest BCUT2D eigenvalue weighted by Crippen LogP contribution is 2.33. The normalized spacial score (nSPS) is 15.1. The van der Waals surface area contributed by atoms with Crippen molar-refractivity contribution < 1.29 is 14.7 Å². The number of nitrogens with zero attached hydrogens (tertiary/aromatic N) is 1.